The summed E-state index contributed by atoms with van der Waals surface area (Å²) in [6.07, 6.45) is 0. The number of ether oxygens (including phenoxy) is 1. The molecule has 0 saturated heterocycles. The summed E-state index contributed by atoms with van der Waals surface area (Å²) in [4.78, 5) is 0. The van der Waals surface area contributed by atoms with Crippen LogP contribution in [0.5, 0.6) is 11.5 Å². The van der Waals surface area contributed by atoms with Crippen molar-refractivity contribution < 1.29 is 39.4 Å². The maximum atomic E-state index is 11.0. The summed E-state index contributed by atoms with van der Waals surface area (Å²) in [5, 5.41) is 11.0. The second kappa shape index (κ2) is 6.59. The van der Waals surface area contributed by atoms with Crippen molar-refractivity contribution in [3.63, 3.8) is 0 Å². The van der Waals surface area contributed by atoms with Crippen LogP contribution in [0.1, 0.15) is 5.56 Å². The number of rotatable bonds is 3. The van der Waals surface area contributed by atoms with Crippen molar-refractivity contribution in [2.45, 2.75) is 6.61 Å². The second-order valence-corrected chi connectivity index (χ2v) is 3.25. The van der Waals surface area contributed by atoms with Crippen LogP contribution in [0, 0.1) is 0 Å². The molecule has 0 saturated carbocycles. The fourth-order valence-electron chi connectivity index (χ4n) is 1.30. The topological polar surface area (TPSA) is 32.3 Å². The van der Waals surface area contributed by atoms with E-state index < -0.39 is 0 Å². The van der Waals surface area contributed by atoms with E-state index in [9.17, 15) is 5.11 Å². The Morgan fingerprint density at radius 1 is 0.938 bits per heavy atom. The van der Waals surface area contributed by atoms with Crippen LogP contribution in [0.3, 0.4) is 0 Å². The fourth-order valence-corrected chi connectivity index (χ4v) is 1.30. The molecule has 3 heteroatoms. The van der Waals surface area contributed by atoms with Crippen LogP contribution in [-0.4, -0.2) is 0 Å². The summed E-state index contributed by atoms with van der Waals surface area (Å²) in [6.45, 7) is 0.490. The molecule has 0 amide bonds. The van der Waals surface area contributed by atoms with Gasteiger partial charge >= 0.3 is 29.6 Å². The standard InChI is InChI=1S/C13H12O2.Na/c14-12-7-4-8-13(9-12)15-10-11-5-2-1-3-6-11;/h1-9,14H,10H2;/q;+1/p-1. The molecule has 0 spiro atoms. The third kappa shape index (κ3) is 3.89. The van der Waals surface area contributed by atoms with Gasteiger partial charge in [0.05, 0.1) is 0 Å². The number of hydrogen-bond acceptors (Lipinski definition) is 2. The minimum absolute atomic E-state index is 0. The molecule has 0 aliphatic rings. The summed E-state index contributed by atoms with van der Waals surface area (Å²) in [5.41, 5.74) is 1.09. The van der Waals surface area contributed by atoms with Crippen molar-refractivity contribution in [2.24, 2.45) is 0 Å². The van der Waals surface area contributed by atoms with Gasteiger partial charge in [-0.15, -0.1) is 5.75 Å². The Balaban J connectivity index is 0.00000128. The Hall–Kier alpha value is -0.960. The zero-order valence-electron chi connectivity index (χ0n) is 9.22. The Morgan fingerprint density at radius 3 is 2.38 bits per heavy atom. The van der Waals surface area contributed by atoms with Gasteiger partial charge in [0.2, 0.25) is 0 Å². The molecule has 0 aliphatic heterocycles. The Bertz CT molecular complexity index is 429. The number of benzene rings is 2. The largest absolute Gasteiger partial charge is 1.00 e. The molecule has 0 aliphatic carbocycles. The van der Waals surface area contributed by atoms with Crippen molar-refractivity contribution in [1.29, 1.82) is 0 Å². The molecule has 0 radical (unpaired) electrons. The first-order chi connectivity index (χ1) is 7.34. The first-order valence-corrected chi connectivity index (χ1v) is 4.78. The summed E-state index contributed by atoms with van der Waals surface area (Å²) >= 11 is 0. The first kappa shape index (κ1) is 13.1. The molecule has 2 nitrogen and oxygen atoms in total. The molecule has 0 atom stereocenters. The minimum Gasteiger partial charge on any atom is -0.872 e. The van der Waals surface area contributed by atoms with Crippen LogP contribution in [0.15, 0.2) is 54.6 Å². The van der Waals surface area contributed by atoms with Crippen LogP contribution in [0.25, 0.3) is 0 Å². The van der Waals surface area contributed by atoms with E-state index in [0.29, 0.717) is 12.4 Å². The van der Waals surface area contributed by atoms with E-state index >= 15 is 0 Å². The predicted octanol–water partition coefficient (Wildman–Crippen LogP) is -0.657. The van der Waals surface area contributed by atoms with Gasteiger partial charge in [-0.1, -0.05) is 42.5 Å². The summed E-state index contributed by atoms with van der Waals surface area (Å²) in [6, 6.07) is 16.3. The van der Waals surface area contributed by atoms with E-state index in [4.69, 9.17) is 4.74 Å². The van der Waals surface area contributed by atoms with Crippen LogP contribution >= 0.6 is 0 Å². The normalized spacial score (nSPS) is 9.25. The Morgan fingerprint density at radius 2 is 1.69 bits per heavy atom. The van der Waals surface area contributed by atoms with Crippen LogP contribution in [0.2, 0.25) is 0 Å². The molecule has 0 heterocycles. The molecule has 0 aromatic heterocycles. The first-order valence-electron chi connectivity index (χ1n) is 4.78. The molecule has 2 aromatic carbocycles. The van der Waals surface area contributed by atoms with E-state index in [1.54, 1.807) is 12.1 Å². The van der Waals surface area contributed by atoms with Gasteiger partial charge in [0, 0.05) is 0 Å². The van der Waals surface area contributed by atoms with Crippen molar-refractivity contribution in [3.8, 4) is 11.5 Å². The van der Waals surface area contributed by atoms with Crippen LogP contribution < -0.4 is 39.4 Å². The third-order valence-corrected chi connectivity index (χ3v) is 2.05. The zero-order valence-corrected chi connectivity index (χ0v) is 11.2. The molecular formula is C13H11NaO2. The van der Waals surface area contributed by atoms with E-state index in [1.807, 2.05) is 30.3 Å². The van der Waals surface area contributed by atoms with Crippen molar-refractivity contribution in [3.05, 3.63) is 60.2 Å². The van der Waals surface area contributed by atoms with Crippen molar-refractivity contribution in [1.82, 2.24) is 0 Å². The zero-order chi connectivity index (χ0) is 10.5. The van der Waals surface area contributed by atoms with Crippen LogP contribution in [0.4, 0.5) is 0 Å². The van der Waals surface area contributed by atoms with E-state index in [-0.39, 0.29) is 35.3 Å². The van der Waals surface area contributed by atoms with Crippen molar-refractivity contribution in [2.75, 3.05) is 0 Å². The average Bonchev–Trinajstić information content (AvgIpc) is 2.28. The van der Waals surface area contributed by atoms with Gasteiger partial charge < -0.3 is 9.84 Å². The Labute approximate surface area is 117 Å². The SMILES string of the molecule is [Na+].[O-]c1cccc(OCc2ccccc2)c1. The maximum absolute atomic E-state index is 11.0. The molecule has 2 rings (SSSR count). The molecule has 0 N–H and O–H groups in total. The second-order valence-electron chi connectivity index (χ2n) is 3.25. The molecule has 0 fully saturated rings. The predicted molar refractivity (Wildman–Crippen MR) is 56.7 cm³/mol. The summed E-state index contributed by atoms with van der Waals surface area (Å²) in [7, 11) is 0. The minimum atomic E-state index is -0.0273. The summed E-state index contributed by atoms with van der Waals surface area (Å²) in [5.74, 6) is 0.590. The maximum Gasteiger partial charge on any atom is 1.00 e. The number of hydrogen-bond donors (Lipinski definition) is 0. The smallest absolute Gasteiger partial charge is 0.872 e. The molecule has 2 aromatic rings. The van der Waals surface area contributed by atoms with Gasteiger partial charge in [-0.3, -0.25) is 0 Å². The van der Waals surface area contributed by atoms with Crippen LogP contribution in [-0.2, 0) is 6.61 Å². The fraction of sp³-hybridized carbons (Fsp3) is 0.0769. The van der Waals surface area contributed by atoms with Gasteiger partial charge in [0.1, 0.15) is 12.4 Å². The monoisotopic (exact) mass is 222 g/mol. The van der Waals surface area contributed by atoms with E-state index in [1.165, 1.54) is 12.1 Å². The Kier molecular flexibility index (Phi) is 5.39. The van der Waals surface area contributed by atoms with Gasteiger partial charge in [0.15, 0.2) is 0 Å². The molecule has 16 heavy (non-hydrogen) atoms. The van der Waals surface area contributed by atoms with Gasteiger partial charge in [0.25, 0.3) is 0 Å². The molecule has 0 bridgehead atoms. The quantitative estimate of drug-likeness (QED) is 0.646. The van der Waals surface area contributed by atoms with Gasteiger partial charge in [-0.25, -0.2) is 0 Å². The molecular weight excluding hydrogens is 211 g/mol. The van der Waals surface area contributed by atoms with Gasteiger partial charge in [-0.05, 0) is 17.7 Å². The summed E-state index contributed by atoms with van der Waals surface area (Å²) < 4.78 is 5.47. The average molecular weight is 222 g/mol. The third-order valence-electron chi connectivity index (χ3n) is 2.05. The molecule has 0 unspecified atom stereocenters. The van der Waals surface area contributed by atoms with E-state index in [0.717, 1.165) is 5.56 Å². The van der Waals surface area contributed by atoms with Gasteiger partial charge in [-0.2, -0.15) is 0 Å². The van der Waals surface area contributed by atoms with Crippen molar-refractivity contribution >= 4 is 0 Å². The van der Waals surface area contributed by atoms with E-state index in [2.05, 4.69) is 0 Å². The molecule has 76 valence electrons.